The van der Waals surface area contributed by atoms with Crippen molar-refractivity contribution in [1.29, 1.82) is 0 Å². The van der Waals surface area contributed by atoms with Gasteiger partial charge < -0.3 is 15.4 Å². The number of ether oxygens (including phenoxy) is 1. The molecular weight excluding hydrogens is 344 g/mol. The first-order valence-corrected chi connectivity index (χ1v) is 9.34. The van der Waals surface area contributed by atoms with Gasteiger partial charge in [-0.15, -0.1) is 10.2 Å². The maximum atomic E-state index is 12.2. The second-order valence-corrected chi connectivity index (χ2v) is 6.55. The lowest BCUT2D eigenvalue weighted by atomic mass is 9.89. The topological polar surface area (TPSA) is 93.2 Å². The van der Waals surface area contributed by atoms with Gasteiger partial charge in [0, 0.05) is 11.6 Å². The number of carbonyl (C=O) groups excluding carboxylic acids is 2. The van der Waals surface area contributed by atoms with Gasteiger partial charge in [0.1, 0.15) is 0 Å². The summed E-state index contributed by atoms with van der Waals surface area (Å²) in [5, 5.41) is 14.1. The molecule has 0 atom stereocenters. The van der Waals surface area contributed by atoms with Gasteiger partial charge in [-0.1, -0.05) is 19.3 Å². The Morgan fingerprint density at radius 1 is 1.00 bits per heavy atom. The van der Waals surface area contributed by atoms with Crippen LogP contribution in [0.4, 0.5) is 17.3 Å². The van der Waals surface area contributed by atoms with Crippen molar-refractivity contribution >= 4 is 29.2 Å². The number of rotatable bonds is 6. The number of nitrogens with one attached hydrogen (secondary N) is 2. The maximum Gasteiger partial charge on any atom is 0.338 e. The van der Waals surface area contributed by atoms with E-state index in [0.29, 0.717) is 23.8 Å². The largest absolute Gasteiger partial charge is 0.462 e. The van der Waals surface area contributed by atoms with E-state index < -0.39 is 0 Å². The van der Waals surface area contributed by atoms with Crippen molar-refractivity contribution in [1.82, 2.24) is 10.2 Å². The average molecular weight is 368 g/mol. The molecule has 1 saturated carbocycles. The highest BCUT2D eigenvalue weighted by molar-refractivity contribution is 5.91. The van der Waals surface area contributed by atoms with Crippen LogP contribution in [0.15, 0.2) is 36.4 Å². The van der Waals surface area contributed by atoms with E-state index in [1.807, 2.05) is 0 Å². The molecule has 0 aliphatic heterocycles. The first-order chi connectivity index (χ1) is 13.2. The zero-order valence-electron chi connectivity index (χ0n) is 15.4. The fourth-order valence-electron chi connectivity index (χ4n) is 3.11. The summed E-state index contributed by atoms with van der Waals surface area (Å²) >= 11 is 0. The lowest BCUT2D eigenvalue weighted by Crippen LogP contribution is -2.25. The van der Waals surface area contributed by atoms with E-state index in [-0.39, 0.29) is 17.8 Å². The van der Waals surface area contributed by atoms with E-state index in [2.05, 4.69) is 20.8 Å². The van der Waals surface area contributed by atoms with Gasteiger partial charge in [0.2, 0.25) is 5.91 Å². The molecule has 1 fully saturated rings. The number of hydrogen-bond donors (Lipinski definition) is 2. The van der Waals surface area contributed by atoms with Crippen LogP contribution < -0.4 is 10.6 Å². The maximum absolute atomic E-state index is 12.2. The van der Waals surface area contributed by atoms with Crippen LogP contribution in [0.25, 0.3) is 0 Å². The zero-order valence-corrected chi connectivity index (χ0v) is 15.4. The van der Waals surface area contributed by atoms with E-state index in [9.17, 15) is 9.59 Å². The summed E-state index contributed by atoms with van der Waals surface area (Å²) in [6, 6.07) is 10.4. The van der Waals surface area contributed by atoms with Gasteiger partial charge in [0.25, 0.3) is 0 Å². The summed E-state index contributed by atoms with van der Waals surface area (Å²) in [5.74, 6) is 0.765. The summed E-state index contributed by atoms with van der Waals surface area (Å²) in [6.07, 6.45) is 5.33. The summed E-state index contributed by atoms with van der Waals surface area (Å²) in [6.45, 7) is 2.12. The molecule has 7 heteroatoms. The fourth-order valence-corrected chi connectivity index (χ4v) is 3.11. The Morgan fingerprint density at radius 2 is 1.67 bits per heavy atom. The van der Waals surface area contributed by atoms with Gasteiger partial charge in [-0.25, -0.2) is 4.79 Å². The Bertz CT molecular complexity index is 769. The number of carbonyl (C=O) groups is 2. The Labute approximate surface area is 158 Å². The molecule has 1 aliphatic carbocycles. The lowest BCUT2D eigenvalue weighted by Gasteiger charge is -2.20. The zero-order chi connectivity index (χ0) is 19.1. The normalized spacial score (nSPS) is 14.4. The van der Waals surface area contributed by atoms with Gasteiger partial charge in [0.05, 0.1) is 12.2 Å². The molecule has 142 valence electrons. The molecule has 0 radical (unpaired) electrons. The minimum atomic E-state index is -0.345. The Morgan fingerprint density at radius 3 is 2.30 bits per heavy atom. The molecule has 27 heavy (non-hydrogen) atoms. The molecule has 0 spiro atoms. The predicted molar refractivity (Wildman–Crippen MR) is 103 cm³/mol. The third-order valence-corrected chi connectivity index (χ3v) is 4.56. The van der Waals surface area contributed by atoms with Crippen molar-refractivity contribution in [2.24, 2.45) is 5.92 Å². The van der Waals surface area contributed by atoms with Crippen molar-refractivity contribution < 1.29 is 14.3 Å². The van der Waals surface area contributed by atoms with Crippen LogP contribution in [0.2, 0.25) is 0 Å². The van der Waals surface area contributed by atoms with E-state index >= 15 is 0 Å². The first-order valence-electron chi connectivity index (χ1n) is 9.34. The molecule has 0 bridgehead atoms. The van der Waals surface area contributed by atoms with Crippen molar-refractivity contribution in [3.63, 3.8) is 0 Å². The van der Waals surface area contributed by atoms with Gasteiger partial charge in [-0.05, 0) is 56.2 Å². The molecule has 2 N–H and O–H groups in total. The summed E-state index contributed by atoms with van der Waals surface area (Å²) in [4.78, 5) is 23.9. The molecule has 3 rings (SSSR count). The monoisotopic (exact) mass is 368 g/mol. The minimum Gasteiger partial charge on any atom is -0.462 e. The summed E-state index contributed by atoms with van der Waals surface area (Å²) in [7, 11) is 0. The van der Waals surface area contributed by atoms with Crippen molar-refractivity contribution in [3.8, 4) is 0 Å². The van der Waals surface area contributed by atoms with Crippen LogP contribution in [0, 0.1) is 5.92 Å². The third-order valence-electron chi connectivity index (χ3n) is 4.56. The molecule has 7 nitrogen and oxygen atoms in total. The van der Waals surface area contributed by atoms with Gasteiger partial charge >= 0.3 is 5.97 Å². The number of esters is 1. The standard InChI is InChI=1S/C20H24N4O3/c1-2-27-20(26)15-8-10-16(11-9-15)21-17-12-13-18(24-23-17)22-19(25)14-6-4-3-5-7-14/h8-14H,2-7H2,1H3,(H,21,23)(H,22,24,25). The highest BCUT2D eigenvalue weighted by Crippen LogP contribution is 2.24. The van der Waals surface area contributed by atoms with Crippen molar-refractivity contribution in [2.75, 3.05) is 17.2 Å². The van der Waals surface area contributed by atoms with Crippen molar-refractivity contribution in [2.45, 2.75) is 39.0 Å². The lowest BCUT2D eigenvalue weighted by molar-refractivity contribution is -0.120. The van der Waals surface area contributed by atoms with E-state index in [0.717, 1.165) is 31.4 Å². The number of anilines is 3. The van der Waals surface area contributed by atoms with Crippen LogP contribution in [0.1, 0.15) is 49.4 Å². The number of hydrogen-bond acceptors (Lipinski definition) is 6. The molecule has 2 aromatic rings. The molecule has 0 saturated heterocycles. The molecule has 1 aromatic carbocycles. The molecule has 1 amide bonds. The SMILES string of the molecule is CCOC(=O)c1ccc(Nc2ccc(NC(=O)C3CCCCC3)nn2)cc1. The van der Waals surface area contributed by atoms with Gasteiger partial charge in [0.15, 0.2) is 11.6 Å². The second-order valence-electron chi connectivity index (χ2n) is 6.55. The minimum absolute atomic E-state index is 0.0271. The van der Waals surface area contributed by atoms with Crippen molar-refractivity contribution in [3.05, 3.63) is 42.0 Å². The summed E-state index contributed by atoms with van der Waals surface area (Å²) in [5.41, 5.74) is 1.27. The van der Waals surface area contributed by atoms with E-state index in [1.54, 1.807) is 43.3 Å². The third kappa shape index (κ3) is 5.26. The quantitative estimate of drug-likeness (QED) is 0.751. The first kappa shape index (κ1) is 18.8. The molecule has 1 aliphatic rings. The predicted octanol–water partition coefficient (Wildman–Crippen LogP) is 3.92. The summed E-state index contributed by atoms with van der Waals surface area (Å²) < 4.78 is 4.96. The Balaban J connectivity index is 1.55. The highest BCUT2D eigenvalue weighted by atomic mass is 16.5. The number of amides is 1. The van der Waals surface area contributed by atoms with Gasteiger partial charge in [-0.3, -0.25) is 4.79 Å². The average Bonchev–Trinajstić information content (AvgIpc) is 2.71. The fraction of sp³-hybridized carbons (Fsp3) is 0.400. The van der Waals surface area contributed by atoms with E-state index in [1.165, 1.54) is 6.42 Å². The smallest absolute Gasteiger partial charge is 0.338 e. The van der Waals surface area contributed by atoms with Crippen LogP contribution in [0.5, 0.6) is 0 Å². The van der Waals surface area contributed by atoms with Crippen LogP contribution in [-0.2, 0) is 9.53 Å². The molecule has 1 heterocycles. The number of aromatic nitrogens is 2. The van der Waals surface area contributed by atoms with Crippen LogP contribution in [0.3, 0.4) is 0 Å². The molecule has 0 unspecified atom stereocenters. The van der Waals surface area contributed by atoms with Crippen LogP contribution >= 0.6 is 0 Å². The molecule has 1 aromatic heterocycles. The van der Waals surface area contributed by atoms with Gasteiger partial charge in [-0.2, -0.15) is 0 Å². The Hall–Kier alpha value is -2.96. The highest BCUT2D eigenvalue weighted by Gasteiger charge is 2.21. The Kier molecular flexibility index (Phi) is 6.35. The van der Waals surface area contributed by atoms with E-state index in [4.69, 9.17) is 4.74 Å². The molecular formula is C20H24N4O3. The number of benzene rings is 1. The van der Waals surface area contributed by atoms with Crippen LogP contribution in [-0.4, -0.2) is 28.7 Å². The second kappa shape index (κ2) is 9.12. The number of nitrogens with zero attached hydrogens (tertiary/aromatic N) is 2.